The van der Waals surface area contributed by atoms with E-state index in [0.717, 1.165) is 35.3 Å². The first-order chi connectivity index (χ1) is 13.6. The molecule has 1 heterocycles. The molecule has 0 aliphatic carbocycles. The third-order valence-corrected chi connectivity index (χ3v) is 4.38. The van der Waals surface area contributed by atoms with Crippen molar-refractivity contribution in [3.8, 4) is 0 Å². The summed E-state index contributed by atoms with van der Waals surface area (Å²) < 4.78 is 4.99. The van der Waals surface area contributed by atoms with E-state index in [1.165, 1.54) is 0 Å². The maximum absolute atomic E-state index is 12.3. The van der Waals surface area contributed by atoms with E-state index in [-0.39, 0.29) is 5.91 Å². The van der Waals surface area contributed by atoms with Crippen LogP contribution in [0.2, 0.25) is 0 Å². The standard InChI is InChI=1S/C22H25N3O3/c1-3-6-20-24-18-11-9-15(13-19(18)25-20)10-12-21(26)23-17-8-5-7-16(14-17)22(27)28-4-2/h5,7-9,11,13-14H,3-4,6,10,12H2,1-2H3,(H,23,26)(H,24,25). The third-order valence-electron chi connectivity index (χ3n) is 4.38. The fraction of sp³-hybridized carbons (Fsp3) is 0.318. The lowest BCUT2D eigenvalue weighted by Gasteiger charge is -2.07. The summed E-state index contributed by atoms with van der Waals surface area (Å²) >= 11 is 0. The Morgan fingerprint density at radius 1 is 1.11 bits per heavy atom. The SMILES string of the molecule is CCCc1nc2ccc(CCC(=O)Nc3cccc(C(=O)OCC)c3)cc2[nH]1. The molecule has 146 valence electrons. The first-order valence-electron chi connectivity index (χ1n) is 9.63. The molecule has 0 bridgehead atoms. The molecular weight excluding hydrogens is 354 g/mol. The van der Waals surface area contributed by atoms with Crippen molar-refractivity contribution >= 4 is 28.6 Å². The molecule has 0 saturated heterocycles. The number of nitrogens with one attached hydrogen (secondary N) is 2. The number of rotatable bonds is 8. The van der Waals surface area contributed by atoms with E-state index in [0.29, 0.717) is 30.7 Å². The maximum atomic E-state index is 12.3. The number of aryl methyl sites for hydroxylation is 2. The zero-order chi connectivity index (χ0) is 19.9. The second-order valence-corrected chi connectivity index (χ2v) is 6.63. The van der Waals surface area contributed by atoms with Crippen LogP contribution in [-0.4, -0.2) is 28.5 Å². The highest BCUT2D eigenvalue weighted by molar-refractivity contribution is 5.94. The summed E-state index contributed by atoms with van der Waals surface area (Å²) in [6.07, 6.45) is 2.95. The number of nitrogens with zero attached hydrogens (tertiary/aromatic N) is 1. The minimum absolute atomic E-state index is 0.0996. The summed E-state index contributed by atoms with van der Waals surface area (Å²) in [5.74, 6) is 0.500. The topological polar surface area (TPSA) is 84.1 Å². The van der Waals surface area contributed by atoms with Gasteiger partial charge >= 0.3 is 5.97 Å². The van der Waals surface area contributed by atoms with Crippen molar-refractivity contribution in [3.05, 3.63) is 59.4 Å². The summed E-state index contributed by atoms with van der Waals surface area (Å²) in [4.78, 5) is 32.0. The third kappa shape index (κ3) is 4.97. The number of H-pyrrole nitrogens is 1. The van der Waals surface area contributed by atoms with Crippen LogP contribution in [0.3, 0.4) is 0 Å². The molecule has 3 rings (SSSR count). The second-order valence-electron chi connectivity index (χ2n) is 6.63. The van der Waals surface area contributed by atoms with E-state index >= 15 is 0 Å². The highest BCUT2D eigenvalue weighted by Crippen LogP contribution is 2.17. The van der Waals surface area contributed by atoms with E-state index in [2.05, 4.69) is 28.3 Å². The smallest absolute Gasteiger partial charge is 0.338 e. The molecule has 0 radical (unpaired) electrons. The number of aromatic nitrogens is 2. The Bertz CT molecular complexity index is 978. The molecule has 0 unspecified atom stereocenters. The molecule has 6 nitrogen and oxygen atoms in total. The predicted octanol–water partition coefficient (Wildman–Crippen LogP) is 4.26. The summed E-state index contributed by atoms with van der Waals surface area (Å²) in [7, 11) is 0. The van der Waals surface area contributed by atoms with E-state index < -0.39 is 5.97 Å². The van der Waals surface area contributed by atoms with E-state index in [1.54, 1.807) is 31.2 Å². The minimum Gasteiger partial charge on any atom is -0.462 e. The number of amides is 1. The van der Waals surface area contributed by atoms with Crippen molar-refractivity contribution in [2.24, 2.45) is 0 Å². The number of benzene rings is 2. The van der Waals surface area contributed by atoms with Crippen LogP contribution in [0.15, 0.2) is 42.5 Å². The Kier molecular flexibility index (Phi) is 6.42. The second kappa shape index (κ2) is 9.17. The minimum atomic E-state index is -0.395. The Balaban J connectivity index is 1.59. The highest BCUT2D eigenvalue weighted by atomic mass is 16.5. The lowest BCUT2D eigenvalue weighted by atomic mass is 10.1. The van der Waals surface area contributed by atoms with Gasteiger partial charge in [0.2, 0.25) is 5.91 Å². The highest BCUT2D eigenvalue weighted by Gasteiger charge is 2.09. The van der Waals surface area contributed by atoms with Gasteiger partial charge < -0.3 is 15.0 Å². The molecule has 1 aromatic heterocycles. The summed E-state index contributed by atoms with van der Waals surface area (Å²) in [5.41, 5.74) is 4.04. The van der Waals surface area contributed by atoms with Gasteiger partial charge in [-0.25, -0.2) is 9.78 Å². The van der Waals surface area contributed by atoms with Gasteiger partial charge in [-0.1, -0.05) is 19.1 Å². The van der Waals surface area contributed by atoms with E-state index in [9.17, 15) is 9.59 Å². The van der Waals surface area contributed by atoms with Crippen molar-refractivity contribution in [1.82, 2.24) is 9.97 Å². The molecule has 1 amide bonds. The maximum Gasteiger partial charge on any atom is 0.338 e. The molecule has 3 aromatic rings. The lowest BCUT2D eigenvalue weighted by Crippen LogP contribution is -2.13. The van der Waals surface area contributed by atoms with Gasteiger partial charge in [0.15, 0.2) is 0 Å². The van der Waals surface area contributed by atoms with Crippen molar-refractivity contribution in [2.75, 3.05) is 11.9 Å². The number of anilines is 1. The summed E-state index contributed by atoms with van der Waals surface area (Å²) in [6, 6.07) is 12.8. The quantitative estimate of drug-likeness (QED) is 0.573. The Labute approximate surface area is 164 Å². The normalized spacial score (nSPS) is 10.8. The number of carbonyl (C=O) groups excluding carboxylic acids is 2. The van der Waals surface area contributed by atoms with Crippen molar-refractivity contribution in [2.45, 2.75) is 39.5 Å². The number of hydrogen-bond donors (Lipinski definition) is 2. The fourth-order valence-corrected chi connectivity index (χ4v) is 3.04. The number of fused-ring (bicyclic) bond motifs is 1. The zero-order valence-corrected chi connectivity index (χ0v) is 16.2. The number of hydrogen-bond acceptors (Lipinski definition) is 4. The fourth-order valence-electron chi connectivity index (χ4n) is 3.04. The largest absolute Gasteiger partial charge is 0.462 e. The predicted molar refractivity (Wildman–Crippen MR) is 109 cm³/mol. The number of esters is 1. The molecule has 0 atom stereocenters. The van der Waals surface area contributed by atoms with Gasteiger partial charge in [0.1, 0.15) is 5.82 Å². The Morgan fingerprint density at radius 2 is 1.96 bits per heavy atom. The first kappa shape index (κ1) is 19.6. The van der Waals surface area contributed by atoms with E-state index in [4.69, 9.17) is 4.74 Å². The molecule has 0 spiro atoms. The molecule has 28 heavy (non-hydrogen) atoms. The summed E-state index contributed by atoms with van der Waals surface area (Å²) in [6.45, 7) is 4.20. The zero-order valence-electron chi connectivity index (χ0n) is 16.2. The number of imidazole rings is 1. The van der Waals surface area contributed by atoms with Gasteiger partial charge in [-0.3, -0.25) is 4.79 Å². The van der Waals surface area contributed by atoms with Crippen LogP contribution in [0.5, 0.6) is 0 Å². The molecular formula is C22H25N3O3. The number of ether oxygens (including phenoxy) is 1. The van der Waals surface area contributed by atoms with Crippen LogP contribution >= 0.6 is 0 Å². The molecule has 0 fully saturated rings. The van der Waals surface area contributed by atoms with Crippen LogP contribution in [0.1, 0.15) is 48.4 Å². The first-order valence-corrected chi connectivity index (χ1v) is 9.63. The van der Waals surface area contributed by atoms with Gasteiger partial charge in [-0.2, -0.15) is 0 Å². The van der Waals surface area contributed by atoms with Crippen LogP contribution in [0.25, 0.3) is 11.0 Å². The van der Waals surface area contributed by atoms with Crippen LogP contribution < -0.4 is 5.32 Å². The number of carbonyl (C=O) groups is 2. The van der Waals surface area contributed by atoms with E-state index in [1.807, 2.05) is 12.1 Å². The van der Waals surface area contributed by atoms with Gasteiger partial charge in [0, 0.05) is 18.5 Å². The average molecular weight is 379 g/mol. The molecule has 2 aromatic carbocycles. The van der Waals surface area contributed by atoms with Crippen molar-refractivity contribution < 1.29 is 14.3 Å². The van der Waals surface area contributed by atoms with Crippen LogP contribution in [0, 0.1) is 0 Å². The molecule has 0 saturated carbocycles. The Morgan fingerprint density at radius 3 is 2.75 bits per heavy atom. The van der Waals surface area contributed by atoms with Crippen LogP contribution in [0.4, 0.5) is 5.69 Å². The molecule has 0 aliphatic rings. The Hall–Kier alpha value is -3.15. The molecule has 6 heteroatoms. The molecule has 0 aliphatic heterocycles. The van der Waals surface area contributed by atoms with Crippen molar-refractivity contribution in [3.63, 3.8) is 0 Å². The van der Waals surface area contributed by atoms with Gasteiger partial charge in [0.05, 0.1) is 23.2 Å². The monoisotopic (exact) mass is 379 g/mol. The average Bonchev–Trinajstić information content (AvgIpc) is 3.09. The number of aromatic amines is 1. The van der Waals surface area contributed by atoms with Crippen molar-refractivity contribution in [1.29, 1.82) is 0 Å². The van der Waals surface area contributed by atoms with Gasteiger partial charge in [-0.05, 0) is 55.7 Å². The summed E-state index contributed by atoms with van der Waals surface area (Å²) in [5, 5.41) is 2.84. The van der Waals surface area contributed by atoms with Crippen LogP contribution in [-0.2, 0) is 22.4 Å². The van der Waals surface area contributed by atoms with Gasteiger partial charge in [0.25, 0.3) is 0 Å². The van der Waals surface area contributed by atoms with Gasteiger partial charge in [-0.15, -0.1) is 0 Å². The lowest BCUT2D eigenvalue weighted by molar-refractivity contribution is -0.116. The molecule has 2 N–H and O–H groups in total.